The Labute approximate surface area is 95.0 Å². The summed E-state index contributed by atoms with van der Waals surface area (Å²) < 4.78 is 12.6. The molecule has 0 saturated carbocycles. The van der Waals surface area contributed by atoms with Gasteiger partial charge in [0.05, 0.1) is 6.04 Å². The summed E-state index contributed by atoms with van der Waals surface area (Å²) in [5, 5.41) is 0. The highest BCUT2D eigenvalue weighted by molar-refractivity contribution is 5.79. The van der Waals surface area contributed by atoms with Crippen molar-refractivity contribution in [2.24, 2.45) is 5.73 Å². The fraction of sp³-hybridized carbons (Fsp3) is 0.417. The van der Waals surface area contributed by atoms with Crippen LogP contribution in [0, 0.1) is 5.82 Å². The molecule has 1 rings (SSSR count). The summed E-state index contributed by atoms with van der Waals surface area (Å²) >= 11 is 0. The molecule has 3 nitrogen and oxygen atoms in total. The fourth-order valence-electron chi connectivity index (χ4n) is 1.37. The summed E-state index contributed by atoms with van der Waals surface area (Å²) in [5.41, 5.74) is 6.24. The molecule has 1 aromatic carbocycles. The number of primary amides is 1. The van der Waals surface area contributed by atoms with E-state index in [1.807, 2.05) is 11.9 Å². The highest BCUT2D eigenvalue weighted by Gasteiger charge is 2.13. The molecule has 0 radical (unpaired) electrons. The SMILES string of the molecule is CC(C(N)=O)N(C)CCc1ccc(F)cc1. The van der Waals surface area contributed by atoms with E-state index in [0.29, 0.717) is 0 Å². The molecule has 0 aliphatic rings. The van der Waals surface area contributed by atoms with Crippen LogP contribution in [0.5, 0.6) is 0 Å². The van der Waals surface area contributed by atoms with Gasteiger partial charge in [-0.1, -0.05) is 12.1 Å². The van der Waals surface area contributed by atoms with E-state index in [4.69, 9.17) is 5.73 Å². The quantitative estimate of drug-likeness (QED) is 0.816. The van der Waals surface area contributed by atoms with Crippen molar-refractivity contribution in [2.75, 3.05) is 13.6 Å². The van der Waals surface area contributed by atoms with Gasteiger partial charge in [0.25, 0.3) is 0 Å². The summed E-state index contributed by atoms with van der Waals surface area (Å²) in [5.74, 6) is -0.566. The molecule has 1 unspecified atom stereocenters. The minimum Gasteiger partial charge on any atom is -0.368 e. The van der Waals surface area contributed by atoms with E-state index >= 15 is 0 Å². The fourth-order valence-corrected chi connectivity index (χ4v) is 1.37. The van der Waals surface area contributed by atoms with Gasteiger partial charge in [0.15, 0.2) is 0 Å². The van der Waals surface area contributed by atoms with Crippen molar-refractivity contribution in [1.82, 2.24) is 4.90 Å². The van der Waals surface area contributed by atoms with Crippen LogP contribution in [0.15, 0.2) is 24.3 Å². The number of carbonyl (C=O) groups excluding carboxylic acids is 1. The highest BCUT2D eigenvalue weighted by Crippen LogP contribution is 2.05. The molecule has 2 N–H and O–H groups in total. The van der Waals surface area contributed by atoms with Gasteiger partial charge in [0.2, 0.25) is 5.91 Å². The molecule has 0 spiro atoms. The Morgan fingerprint density at radius 1 is 1.44 bits per heavy atom. The Morgan fingerprint density at radius 2 is 2.00 bits per heavy atom. The average Bonchev–Trinajstić information content (AvgIpc) is 2.26. The number of nitrogens with zero attached hydrogens (tertiary/aromatic N) is 1. The second kappa shape index (κ2) is 5.61. The number of benzene rings is 1. The van der Waals surface area contributed by atoms with Gasteiger partial charge in [-0.05, 0) is 38.1 Å². The summed E-state index contributed by atoms with van der Waals surface area (Å²) in [4.78, 5) is 12.8. The number of amides is 1. The van der Waals surface area contributed by atoms with E-state index in [1.54, 1.807) is 19.1 Å². The Morgan fingerprint density at radius 3 is 2.50 bits per heavy atom. The zero-order valence-electron chi connectivity index (χ0n) is 9.61. The predicted octanol–water partition coefficient (Wildman–Crippen LogP) is 1.17. The van der Waals surface area contributed by atoms with E-state index in [9.17, 15) is 9.18 Å². The summed E-state index contributed by atoms with van der Waals surface area (Å²) in [7, 11) is 1.85. The van der Waals surface area contributed by atoms with Crippen molar-refractivity contribution in [2.45, 2.75) is 19.4 Å². The maximum absolute atomic E-state index is 12.6. The molecular weight excluding hydrogens is 207 g/mol. The average molecular weight is 224 g/mol. The van der Waals surface area contributed by atoms with Gasteiger partial charge in [-0.15, -0.1) is 0 Å². The molecule has 0 saturated heterocycles. The zero-order valence-corrected chi connectivity index (χ0v) is 9.61. The minimum absolute atomic E-state index is 0.234. The first-order valence-corrected chi connectivity index (χ1v) is 5.24. The van der Waals surface area contributed by atoms with Gasteiger partial charge in [0, 0.05) is 6.54 Å². The number of nitrogens with two attached hydrogens (primary N) is 1. The van der Waals surface area contributed by atoms with Crippen molar-refractivity contribution in [1.29, 1.82) is 0 Å². The smallest absolute Gasteiger partial charge is 0.234 e. The minimum atomic E-state index is -0.332. The Bertz CT molecular complexity index is 351. The molecule has 1 atom stereocenters. The van der Waals surface area contributed by atoms with Crippen LogP contribution in [0.3, 0.4) is 0 Å². The lowest BCUT2D eigenvalue weighted by atomic mass is 10.1. The largest absolute Gasteiger partial charge is 0.368 e. The summed E-state index contributed by atoms with van der Waals surface area (Å²) in [6, 6.07) is 6.09. The molecule has 0 heterocycles. The molecule has 0 aliphatic heterocycles. The number of hydrogen-bond acceptors (Lipinski definition) is 2. The van der Waals surface area contributed by atoms with Gasteiger partial charge in [-0.2, -0.15) is 0 Å². The van der Waals surface area contributed by atoms with Crippen molar-refractivity contribution in [3.8, 4) is 0 Å². The lowest BCUT2D eigenvalue weighted by Gasteiger charge is -2.21. The number of halogens is 1. The zero-order chi connectivity index (χ0) is 12.1. The number of likely N-dealkylation sites (N-methyl/N-ethyl adjacent to an activating group) is 1. The Balaban J connectivity index is 2.45. The molecule has 88 valence electrons. The van der Waals surface area contributed by atoms with Crippen molar-refractivity contribution >= 4 is 5.91 Å². The van der Waals surface area contributed by atoms with Gasteiger partial charge < -0.3 is 5.73 Å². The van der Waals surface area contributed by atoms with Gasteiger partial charge in [-0.3, -0.25) is 9.69 Å². The molecule has 4 heteroatoms. The van der Waals surface area contributed by atoms with Crippen LogP contribution in [0.2, 0.25) is 0 Å². The third-order valence-electron chi connectivity index (χ3n) is 2.74. The van der Waals surface area contributed by atoms with E-state index in [0.717, 1.165) is 18.5 Å². The molecular formula is C12H17FN2O. The molecule has 0 aliphatic carbocycles. The van der Waals surface area contributed by atoms with Gasteiger partial charge in [-0.25, -0.2) is 4.39 Å². The molecule has 16 heavy (non-hydrogen) atoms. The first-order valence-electron chi connectivity index (χ1n) is 5.24. The highest BCUT2D eigenvalue weighted by atomic mass is 19.1. The van der Waals surface area contributed by atoms with Gasteiger partial charge >= 0.3 is 0 Å². The monoisotopic (exact) mass is 224 g/mol. The second-order valence-electron chi connectivity index (χ2n) is 3.94. The van der Waals surface area contributed by atoms with Crippen LogP contribution in [0.1, 0.15) is 12.5 Å². The maximum atomic E-state index is 12.6. The van der Waals surface area contributed by atoms with Crippen molar-refractivity contribution in [3.05, 3.63) is 35.6 Å². The third kappa shape index (κ3) is 3.62. The summed E-state index contributed by atoms with van der Waals surface area (Å²) in [6.45, 7) is 2.49. The lowest BCUT2D eigenvalue weighted by molar-refractivity contribution is -0.122. The topological polar surface area (TPSA) is 46.3 Å². The standard InChI is InChI=1S/C12H17FN2O/c1-9(12(14)16)15(2)8-7-10-3-5-11(13)6-4-10/h3-6,9H,7-8H2,1-2H3,(H2,14,16). The van der Waals surface area contributed by atoms with E-state index in [2.05, 4.69) is 0 Å². The van der Waals surface area contributed by atoms with E-state index < -0.39 is 0 Å². The van der Waals surface area contributed by atoms with Crippen LogP contribution < -0.4 is 5.73 Å². The number of rotatable bonds is 5. The molecule has 1 amide bonds. The molecule has 0 bridgehead atoms. The van der Waals surface area contributed by atoms with Crippen LogP contribution in [-0.2, 0) is 11.2 Å². The second-order valence-corrected chi connectivity index (χ2v) is 3.94. The first-order chi connectivity index (χ1) is 7.50. The Kier molecular flexibility index (Phi) is 4.43. The lowest BCUT2D eigenvalue weighted by Crippen LogP contribution is -2.41. The third-order valence-corrected chi connectivity index (χ3v) is 2.74. The Hall–Kier alpha value is -1.42. The van der Waals surface area contributed by atoms with Crippen molar-refractivity contribution in [3.63, 3.8) is 0 Å². The van der Waals surface area contributed by atoms with Crippen LogP contribution >= 0.6 is 0 Å². The van der Waals surface area contributed by atoms with Crippen molar-refractivity contribution < 1.29 is 9.18 Å². The van der Waals surface area contributed by atoms with Crippen LogP contribution in [0.25, 0.3) is 0 Å². The van der Waals surface area contributed by atoms with E-state index in [1.165, 1.54) is 12.1 Å². The first kappa shape index (κ1) is 12.6. The number of carbonyl (C=O) groups is 1. The molecule has 0 aromatic heterocycles. The normalized spacial score (nSPS) is 12.8. The summed E-state index contributed by atoms with van der Waals surface area (Å²) in [6.07, 6.45) is 0.772. The van der Waals surface area contributed by atoms with Crippen LogP contribution in [-0.4, -0.2) is 30.4 Å². The number of hydrogen-bond donors (Lipinski definition) is 1. The van der Waals surface area contributed by atoms with Gasteiger partial charge in [0.1, 0.15) is 5.82 Å². The molecule has 0 fully saturated rings. The van der Waals surface area contributed by atoms with E-state index in [-0.39, 0.29) is 17.8 Å². The van der Waals surface area contributed by atoms with Crippen LogP contribution in [0.4, 0.5) is 4.39 Å². The maximum Gasteiger partial charge on any atom is 0.234 e. The molecule has 1 aromatic rings. The predicted molar refractivity (Wildman–Crippen MR) is 61.4 cm³/mol.